The molecule has 1 rings (SSSR count). The summed E-state index contributed by atoms with van der Waals surface area (Å²) in [5.41, 5.74) is 6.59. The van der Waals surface area contributed by atoms with Crippen molar-refractivity contribution in [1.82, 2.24) is 4.31 Å². The molecule has 1 aromatic rings. The second kappa shape index (κ2) is 6.11. The molecule has 4 nitrogen and oxygen atoms in total. The molecule has 2 N–H and O–H groups in total. The van der Waals surface area contributed by atoms with Gasteiger partial charge in [0, 0.05) is 13.1 Å². The average molecular weight is 305 g/mol. The second-order valence-corrected chi connectivity index (χ2v) is 7.17. The summed E-state index contributed by atoms with van der Waals surface area (Å²) in [6.07, 6.45) is 1.75. The summed E-state index contributed by atoms with van der Waals surface area (Å²) in [5, 5.41) is 0.376. The van der Waals surface area contributed by atoms with Gasteiger partial charge in [-0.25, -0.2) is 8.42 Å². The van der Waals surface area contributed by atoms with Gasteiger partial charge in [-0.1, -0.05) is 24.9 Å². The van der Waals surface area contributed by atoms with Gasteiger partial charge in [0.2, 0.25) is 10.0 Å². The molecule has 0 aliphatic carbocycles. The maximum absolute atomic E-state index is 12.6. The lowest BCUT2D eigenvalue weighted by Crippen LogP contribution is -2.35. The molecule has 0 bridgehead atoms. The van der Waals surface area contributed by atoms with Crippen molar-refractivity contribution in [1.29, 1.82) is 0 Å². The fourth-order valence-electron chi connectivity index (χ4n) is 1.94. The van der Waals surface area contributed by atoms with Crippen molar-refractivity contribution >= 4 is 27.3 Å². The number of nitrogens with zero attached hydrogens (tertiary/aromatic N) is 1. The first-order chi connectivity index (χ1) is 8.71. The SMILES string of the molecule is CCCC(C)N(C)S(=O)(=O)c1cc(N)c(Cl)cc1C. The molecular weight excluding hydrogens is 284 g/mol. The van der Waals surface area contributed by atoms with Crippen LogP contribution in [0.25, 0.3) is 0 Å². The first kappa shape index (κ1) is 16.3. The van der Waals surface area contributed by atoms with Crippen LogP contribution in [0.4, 0.5) is 5.69 Å². The molecule has 0 heterocycles. The molecule has 1 unspecified atom stereocenters. The number of nitrogen functional groups attached to an aromatic ring is 1. The average Bonchev–Trinajstić information content (AvgIpc) is 2.32. The molecule has 19 heavy (non-hydrogen) atoms. The van der Waals surface area contributed by atoms with Crippen LogP contribution in [-0.2, 0) is 10.0 Å². The largest absolute Gasteiger partial charge is 0.397 e. The summed E-state index contributed by atoms with van der Waals surface area (Å²) < 4.78 is 26.5. The molecule has 0 saturated carbocycles. The molecular formula is C13H21ClN2O2S. The summed E-state index contributed by atoms with van der Waals surface area (Å²) in [6.45, 7) is 5.65. The molecule has 1 atom stereocenters. The number of hydrogen-bond donors (Lipinski definition) is 1. The minimum Gasteiger partial charge on any atom is -0.397 e. The molecule has 1 aromatic carbocycles. The van der Waals surface area contributed by atoms with Crippen LogP contribution in [0, 0.1) is 6.92 Å². The first-order valence-electron chi connectivity index (χ1n) is 6.25. The Kier molecular flexibility index (Phi) is 5.24. The Morgan fingerprint density at radius 1 is 1.42 bits per heavy atom. The van der Waals surface area contributed by atoms with E-state index >= 15 is 0 Å². The highest BCUT2D eigenvalue weighted by Crippen LogP contribution is 2.28. The Morgan fingerprint density at radius 3 is 2.53 bits per heavy atom. The minimum absolute atomic E-state index is 0.0497. The molecule has 6 heteroatoms. The zero-order valence-electron chi connectivity index (χ0n) is 11.8. The number of hydrogen-bond acceptors (Lipinski definition) is 3. The highest BCUT2D eigenvalue weighted by molar-refractivity contribution is 7.89. The smallest absolute Gasteiger partial charge is 0.243 e. The van der Waals surface area contributed by atoms with E-state index in [-0.39, 0.29) is 16.6 Å². The maximum Gasteiger partial charge on any atom is 0.243 e. The van der Waals surface area contributed by atoms with E-state index < -0.39 is 10.0 Å². The van der Waals surface area contributed by atoms with Crippen LogP contribution in [0.3, 0.4) is 0 Å². The van der Waals surface area contributed by atoms with Crippen molar-refractivity contribution in [3.63, 3.8) is 0 Å². The summed E-state index contributed by atoms with van der Waals surface area (Å²) in [5.74, 6) is 0. The number of halogens is 1. The third-order valence-electron chi connectivity index (χ3n) is 3.28. The van der Waals surface area contributed by atoms with Crippen LogP contribution in [0.15, 0.2) is 17.0 Å². The van der Waals surface area contributed by atoms with E-state index in [1.165, 1.54) is 10.4 Å². The molecule has 0 fully saturated rings. The fraction of sp³-hybridized carbons (Fsp3) is 0.538. The summed E-state index contributed by atoms with van der Waals surface area (Å²) in [4.78, 5) is 0.222. The number of sulfonamides is 1. The minimum atomic E-state index is -3.54. The maximum atomic E-state index is 12.6. The molecule has 0 aliphatic rings. The van der Waals surface area contributed by atoms with Crippen molar-refractivity contribution in [3.8, 4) is 0 Å². The van der Waals surface area contributed by atoms with Crippen LogP contribution in [0.2, 0.25) is 5.02 Å². The van der Waals surface area contributed by atoms with Crippen molar-refractivity contribution in [2.24, 2.45) is 0 Å². The predicted octanol–water partition coefficient (Wildman–Crippen LogP) is 3.04. The third kappa shape index (κ3) is 3.41. The quantitative estimate of drug-likeness (QED) is 0.850. The number of aryl methyl sites for hydroxylation is 1. The summed E-state index contributed by atoms with van der Waals surface area (Å²) >= 11 is 5.89. The van der Waals surface area contributed by atoms with Gasteiger partial charge < -0.3 is 5.73 Å². The van der Waals surface area contributed by atoms with Crippen LogP contribution in [-0.4, -0.2) is 25.8 Å². The number of nitrogens with two attached hydrogens (primary N) is 1. The van der Waals surface area contributed by atoms with E-state index in [1.807, 2.05) is 13.8 Å². The Hall–Kier alpha value is -0.780. The van der Waals surface area contributed by atoms with E-state index in [0.717, 1.165) is 12.8 Å². The van der Waals surface area contributed by atoms with Gasteiger partial charge in [0.25, 0.3) is 0 Å². The molecule has 0 amide bonds. The van der Waals surface area contributed by atoms with Gasteiger partial charge in [-0.2, -0.15) is 4.31 Å². The van der Waals surface area contributed by atoms with Gasteiger partial charge in [0.15, 0.2) is 0 Å². The monoisotopic (exact) mass is 304 g/mol. The van der Waals surface area contributed by atoms with Crippen molar-refractivity contribution in [2.45, 2.75) is 44.6 Å². The molecule has 0 radical (unpaired) electrons. The lowest BCUT2D eigenvalue weighted by Gasteiger charge is -2.25. The number of rotatable bonds is 5. The second-order valence-electron chi connectivity index (χ2n) is 4.80. The van der Waals surface area contributed by atoms with Gasteiger partial charge in [-0.3, -0.25) is 0 Å². The third-order valence-corrected chi connectivity index (χ3v) is 5.72. The van der Waals surface area contributed by atoms with E-state index in [9.17, 15) is 8.42 Å². The van der Waals surface area contributed by atoms with Crippen molar-refractivity contribution < 1.29 is 8.42 Å². The van der Waals surface area contributed by atoms with Gasteiger partial charge in [0.1, 0.15) is 0 Å². The zero-order chi connectivity index (χ0) is 14.8. The van der Waals surface area contributed by atoms with Crippen LogP contribution in [0.1, 0.15) is 32.3 Å². The molecule has 0 saturated heterocycles. The molecule has 0 aromatic heterocycles. The lowest BCUT2D eigenvalue weighted by molar-refractivity contribution is 0.368. The first-order valence-corrected chi connectivity index (χ1v) is 8.07. The van der Waals surface area contributed by atoms with Crippen LogP contribution >= 0.6 is 11.6 Å². The standard InChI is InChI=1S/C13H21ClN2O2S/c1-5-6-10(3)16(4)19(17,18)13-8-12(15)11(14)7-9(13)2/h7-8,10H,5-6,15H2,1-4H3. The summed E-state index contributed by atoms with van der Waals surface area (Å²) in [6, 6.07) is 2.97. The summed E-state index contributed by atoms with van der Waals surface area (Å²) in [7, 11) is -1.94. The highest BCUT2D eigenvalue weighted by Gasteiger charge is 2.27. The van der Waals surface area contributed by atoms with E-state index in [4.69, 9.17) is 17.3 Å². The Bertz CT molecular complexity index is 558. The number of benzene rings is 1. The Balaban J connectivity index is 3.24. The lowest BCUT2D eigenvalue weighted by atomic mass is 10.2. The topological polar surface area (TPSA) is 63.4 Å². The van der Waals surface area contributed by atoms with Crippen LogP contribution in [0.5, 0.6) is 0 Å². The van der Waals surface area contributed by atoms with E-state index in [2.05, 4.69) is 0 Å². The van der Waals surface area contributed by atoms with Crippen LogP contribution < -0.4 is 5.73 Å². The molecule has 0 spiro atoms. The molecule has 108 valence electrons. The highest BCUT2D eigenvalue weighted by atomic mass is 35.5. The van der Waals surface area contributed by atoms with Gasteiger partial charge in [-0.05, 0) is 38.0 Å². The van der Waals surface area contributed by atoms with Gasteiger partial charge >= 0.3 is 0 Å². The van der Waals surface area contributed by atoms with Gasteiger partial charge in [0.05, 0.1) is 15.6 Å². The van der Waals surface area contributed by atoms with Crippen molar-refractivity contribution in [2.75, 3.05) is 12.8 Å². The van der Waals surface area contributed by atoms with Crippen molar-refractivity contribution in [3.05, 3.63) is 22.7 Å². The predicted molar refractivity (Wildman–Crippen MR) is 79.9 cm³/mol. The normalized spacial score (nSPS) is 13.8. The zero-order valence-corrected chi connectivity index (χ0v) is 13.3. The molecule has 0 aliphatic heterocycles. The van der Waals surface area contributed by atoms with Gasteiger partial charge in [-0.15, -0.1) is 0 Å². The number of anilines is 1. The Labute approximate surface area is 120 Å². The van der Waals surface area contributed by atoms with E-state index in [0.29, 0.717) is 10.6 Å². The fourth-order valence-corrected chi connectivity index (χ4v) is 3.79. The Morgan fingerprint density at radius 2 is 2.00 bits per heavy atom. The van der Waals surface area contributed by atoms with E-state index in [1.54, 1.807) is 20.0 Å².